The molecule has 1 aromatic carbocycles. The van der Waals surface area contributed by atoms with Crippen LogP contribution in [0.2, 0.25) is 0 Å². The average molecular weight is 187 g/mol. The number of rotatable bonds is 2. The summed E-state index contributed by atoms with van der Waals surface area (Å²) in [6, 6.07) is 7.38. The predicted molar refractivity (Wildman–Crippen MR) is 56.8 cm³/mol. The summed E-state index contributed by atoms with van der Waals surface area (Å²) in [6.45, 7) is 1.78. The summed E-state index contributed by atoms with van der Waals surface area (Å²) in [4.78, 5) is 2.19. The lowest BCUT2D eigenvalue weighted by molar-refractivity contribution is 0.403. The average Bonchev–Trinajstić information content (AvgIpc) is 2.19. The highest BCUT2D eigenvalue weighted by Crippen LogP contribution is 2.13. The summed E-state index contributed by atoms with van der Waals surface area (Å²) in [5.74, 6) is 0.332. The van der Waals surface area contributed by atoms with E-state index in [1.807, 2.05) is 24.3 Å². The molecule has 0 aliphatic carbocycles. The lowest BCUT2D eigenvalue weighted by Crippen LogP contribution is -2.17. The molecule has 0 aromatic heterocycles. The Hall–Kier alpha value is -1.70. The van der Waals surface area contributed by atoms with E-state index in [1.54, 1.807) is 12.1 Å². The summed E-state index contributed by atoms with van der Waals surface area (Å²) < 4.78 is 0. The van der Waals surface area contributed by atoms with Gasteiger partial charge in [0.15, 0.2) is 0 Å². The van der Waals surface area contributed by atoms with Crippen LogP contribution in [-0.2, 0) is 6.54 Å². The standard InChI is InChI=1S/C12H13NO/c14-12-6-4-5-11(9-12)10-13-7-2-1-3-8-13/h1-7,9,14H,8,10H2. The van der Waals surface area contributed by atoms with Crippen molar-refractivity contribution in [1.29, 1.82) is 0 Å². The van der Waals surface area contributed by atoms with Crippen LogP contribution in [-0.4, -0.2) is 16.6 Å². The molecular weight excluding hydrogens is 174 g/mol. The van der Waals surface area contributed by atoms with Crippen molar-refractivity contribution in [3.05, 3.63) is 54.3 Å². The fourth-order valence-electron chi connectivity index (χ4n) is 1.51. The van der Waals surface area contributed by atoms with Gasteiger partial charge in [-0.1, -0.05) is 24.3 Å². The maximum absolute atomic E-state index is 9.29. The Morgan fingerprint density at radius 1 is 1.29 bits per heavy atom. The van der Waals surface area contributed by atoms with Crippen molar-refractivity contribution in [2.45, 2.75) is 6.54 Å². The third kappa shape index (κ3) is 2.16. The van der Waals surface area contributed by atoms with Crippen LogP contribution in [0.15, 0.2) is 48.7 Å². The maximum Gasteiger partial charge on any atom is 0.115 e. The van der Waals surface area contributed by atoms with Gasteiger partial charge < -0.3 is 10.0 Å². The molecule has 0 radical (unpaired) electrons. The van der Waals surface area contributed by atoms with Crippen molar-refractivity contribution in [2.24, 2.45) is 0 Å². The number of hydrogen-bond donors (Lipinski definition) is 1. The van der Waals surface area contributed by atoms with Gasteiger partial charge >= 0.3 is 0 Å². The van der Waals surface area contributed by atoms with Crippen molar-refractivity contribution < 1.29 is 5.11 Å². The first-order valence-corrected chi connectivity index (χ1v) is 4.70. The van der Waals surface area contributed by atoms with Gasteiger partial charge in [0.2, 0.25) is 0 Å². The first-order valence-electron chi connectivity index (χ1n) is 4.70. The number of allylic oxidation sites excluding steroid dienone is 2. The Balaban J connectivity index is 2.04. The fraction of sp³-hybridized carbons (Fsp3) is 0.167. The molecule has 72 valence electrons. The molecule has 0 atom stereocenters. The van der Waals surface area contributed by atoms with E-state index in [-0.39, 0.29) is 0 Å². The molecule has 1 aromatic rings. The molecule has 0 unspecified atom stereocenters. The summed E-state index contributed by atoms with van der Waals surface area (Å²) in [5.41, 5.74) is 1.13. The van der Waals surface area contributed by atoms with Crippen molar-refractivity contribution in [1.82, 2.24) is 4.90 Å². The normalized spacial score (nSPS) is 14.7. The van der Waals surface area contributed by atoms with Crippen LogP contribution in [0.5, 0.6) is 5.75 Å². The van der Waals surface area contributed by atoms with Gasteiger partial charge in [-0.25, -0.2) is 0 Å². The largest absolute Gasteiger partial charge is 0.508 e. The van der Waals surface area contributed by atoms with Gasteiger partial charge in [0, 0.05) is 13.1 Å². The van der Waals surface area contributed by atoms with Gasteiger partial charge in [-0.2, -0.15) is 0 Å². The Kier molecular flexibility index (Phi) is 2.54. The smallest absolute Gasteiger partial charge is 0.115 e. The van der Waals surface area contributed by atoms with E-state index in [1.165, 1.54) is 0 Å². The van der Waals surface area contributed by atoms with Crippen LogP contribution in [0.4, 0.5) is 0 Å². The van der Waals surface area contributed by atoms with E-state index in [4.69, 9.17) is 0 Å². The van der Waals surface area contributed by atoms with Gasteiger partial charge in [0.25, 0.3) is 0 Å². The molecule has 14 heavy (non-hydrogen) atoms. The second kappa shape index (κ2) is 4.01. The molecule has 0 fully saturated rings. The molecule has 1 aliphatic rings. The number of phenolic OH excluding ortho intramolecular Hbond substituents is 1. The SMILES string of the molecule is Oc1cccc(CN2C=CC=CC2)c1. The van der Waals surface area contributed by atoms with Crippen LogP contribution in [0.1, 0.15) is 5.56 Å². The Bertz CT molecular complexity index is 368. The van der Waals surface area contributed by atoms with E-state index >= 15 is 0 Å². The first kappa shape index (κ1) is 8.88. The van der Waals surface area contributed by atoms with E-state index in [0.29, 0.717) is 5.75 Å². The Morgan fingerprint density at radius 3 is 2.93 bits per heavy atom. The molecule has 0 amide bonds. The molecule has 1 N–H and O–H groups in total. The number of aromatic hydroxyl groups is 1. The molecule has 1 aliphatic heterocycles. The van der Waals surface area contributed by atoms with Gasteiger partial charge in [-0.05, 0) is 30.0 Å². The predicted octanol–water partition coefficient (Wildman–Crippen LogP) is 2.28. The fourth-order valence-corrected chi connectivity index (χ4v) is 1.51. The highest BCUT2D eigenvalue weighted by molar-refractivity contribution is 5.27. The summed E-state index contributed by atoms with van der Waals surface area (Å²) in [5, 5.41) is 9.29. The number of hydrogen-bond acceptors (Lipinski definition) is 2. The third-order valence-corrected chi connectivity index (χ3v) is 2.18. The van der Waals surface area contributed by atoms with E-state index < -0.39 is 0 Å². The minimum Gasteiger partial charge on any atom is -0.508 e. The minimum atomic E-state index is 0.332. The Morgan fingerprint density at radius 2 is 2.21 bits per heavy atom. The Labute approximate surface area is 83.8 Å². The molecule has 1 heterocycles. The summed E-state index contributed by atoms with van der Waals surface area (Å²) in [7, 11) is 0. The van der Waals surface area contributed by atoms with Crippen molar-refractivity contribution in [3.8, 4) is 5.75 Å². The quantitative estimate of drug-likeness (QED) is 0.767. The first-order chi connectivity index (χ1) is 6.84. The molecule has 0 saturated carbocycles. The zero-order valence-corrected chi connectivity index (χ0v) is 7.93. The van der Waals surface area contributed by atoms with Crippen LogP contribution >= 0.6 is 0 Å². The summed E-state index contributed by atoms with van der Waals surface area (Å²) >= 11 is 0. The van der Waals surface area contributed by atoms with Crippen LogP contribution in [0, 0.1) is 0 Å². The zero-order valence-electron chi connectivity index (χ0n) is 7.93. The van der Waals surface area contributed by atoms with Crippen molar-refractivity contribution in [3.63, 3.8) is 0 Å². The monoisotopic (exact) mass is 187 g/mol. The third-order valence-electron chi connectivity index (χ3n) is 2.18. The number of phenols is 1. The van der Waals surface area contributed by atoms with Crippen molar-refractivity contribution in [2.75, 3.05) is 6.54 Å². The molecule has 2 rings (SSSR count). The van der Waals surface area contributed by atoms with Gasteiger partial charge in [0.05, 0.1) is 0 Å². The highest BCUT2D eigenvalue weighted by Gasteiger charge is 2.01. The van der Waals surface area contributed by atoms with Crippen LogP contribution in [0.25, 0.3) is 0 Å². The second-order valence-electron chi connectivity index (χ2n) is 3.37. The van der Waals surface area contributed by atoms with E-state index in [0.717, 1.165) is 18.7 Å². The lowest BCUT2D eigenvalue weighted by Gasteiger charge is -2.20. The minimum absolute atomic E-state index is 0.332. The molecule has 2 heteroatoms. The van der Waals surface area contributed by atoms with E-state index in [9.17, 15) is 5.11 Å². The highest BCUT2D eigenvalue weighted by atomic mass is 16.3. The van der Waals surface area contributed by atoms with E-state index in [2.05, 4.69) is 17.2 Å². The van der Waals surface area contributed by atoms with Crippen LogP contribution in [0.3, 0.4) is 0 Å². The number of benzene rings is 1. The molecule has 0 spiro atoms. The molecule has 0 bridgehead atoms. The van der Waals surface area contributed by atoms with Crippen molar-refractivity contribution >= 4 is 0 Å². The maximum atomic E-state index is 9.29. The van der Waals surface area contributed by atoms with Gasteiger partial charge in [-0.15, -0.1) is 0 Å². The second-order valence-corrected chi connectivity index (χ2v) is 3.37. The van der Waals surface area contributed by atoms with Gasteiger partial charge in [-0.3, -0.25) is 0 Å². The van der Waals surface area contributed by atoms with Gasteiger partial charge in [0.1, 0.15) is 5.75 Å². The molecule has 2 nitrogen and oxygen atoms in total. The lowest BCUT2D eigenvalue weighted by atomic mass is 10.2. The topological polar surface area (TPSA) is 23.5 Å². The number of nitrogens with zero attached hydrogens (tertiary/aromatic N) is 1. The summed E-state index contributed by atoms with van der Waals surface area (Å²) in [6.07, 6.45) is 8.23. The van der Waals surface area contributed by atoms with Crippen LogP contribution < -0.4 is 0 Å². The molecular formula is C12H13NO. The molecule has 0 saturated heterocycles. The zero-order chi connectivity index (χ0) is 9.80.